The second-order valence-electron chi connectivity index (χ2n) is 5.02. The molecule has 0 aliphatic carbocycles. The van der Waals surface area contributed by atoms with Crippen molar-refractivity contribution in [3.8, 4) is 6.07 Å². The van der Waals surface area contributed by atoms with Gasteiger partial charge in [0.05, 0.1) is 16.1 Å². The van der Waals surface area contributed by atoms with Crippen LogP contribution >= 0.6 is 39.3 Å². The first-order valence-electron chi connectivity index (χ1n) is 7.15. The maximum absolute atomic E-state index is 13.0. The van der Waals surface area contributed by atoms with Gasteiger partial charge in [-0.05, 0) is 70.0 Å². The van der Waals surface area contributed by atoms with Crippen LogP contribution in [0, 0.1) is 17.1 Å². The lowest BCUT2D eigenvalue weighted by Crippen LogP contribution is -1.82. The van der Waals surface area contributed by atoms with E-state index in [1.807, 2.05) is 24.3 Å². The Balaban J connectivity index is 1.87. The average molecular weight is 435 g/mol. The van der Waals surface area contributed by atoms with Crippen LogP contribution in [0.2, 0.25) is 5.02 Å². The van der Waals surface area contributed by atoms with Crippen molar-refractivity contribution in [3.05, 3.63) is 81.2 Å². The zero-order valence-electron chi connectivity index (χ0n) is 12.7. The standard InChI is InChI=1S/C19H10BrClFNOS/c20-18-10-16(9-13(11-23)12-1-5-15(22)6-2-12)24-19(18)25-17-7-3-14(21)4-8-17/h1-10H. The van der Waals surface area contributed by atoms with Crippen molar-refractivity contribution >= 4 is 50.9 Å². The van der Waals surface area contributed by atoms with E-state index in [1.165, 1.54) is 23.9 Å². The third kappa shape index (κ3) is 4.55. The van der Waals surface area contributed by atoms with E-state index in [2.05, 4.69) is 22.0 Å². The topological polar surface area (TPSA) is 36.9 Å². The summed E-state index contributed by atoms with van der Waals surface area (Å²) < 4.78 is 19.6. The molecule has 0 aliphatic rings. The highest BCUT2D eigenvalue weighted by Gasteiger charge is 2.11. The van der Waals surface area contributed by atoms with Gasteiger partial charge in [-0.25, -0.2) is 4.39 Å². The normalized spacial score (nSPS) is 11.4. The van der Waals surface area contributed by atoms with Crippen molar-refractivity contribution < 1.29 is 8.81 Å². The lowest BCUT2D eigenvalue weighted by atomic mass is 10.1. The number of allylic oxidation sites excluding steroid dienone is 1. The predicted octanol–water partition coefficient (Wildman–Crippen LogP) is 7.05. The van der Waals surface area contributed by atoms with Crippen LogP contribution in [0.15, 0.2) is 73.5 Å². The van der Waals surface area contributed by atoms with Crippen molar-refractivity contribution in [2.75, 3.05) is 0 Å². The highest BCUT2D eigenvalue weighted by atomic mass is 79.9. The molecule has 3 rings (SSSR count). The molecule has 6 heteroatoms. The van der Waals surface area contributed by atoms with Gasteiger partial charge in [0.2, 0.25) is 0 Å². The second-order valence-corrected chi connectivity index (χ2v) is 7.35. The van der Waals surface area contributed by atoms with E-state index in [0.717, 1.165) is 9.37 Å². The Morgan fingerprint density at radius 2 is 1.84 bits per heavy atom. The minimum Gasteiger partial charge on any atom is -0.449 e. The van der Waals surface area contributed by atoms with Gasteiger partial charge >= 0.3 is 0 Å². The molecular weight excluding hydrogens is 425 g/mol. The molecule has 0 fully saturated rings. The Bertz CT molecular complexity index is 959. The molecule has 0 aliphatic heterocycles. The molecule has 3 aromatic rings. The first-order valence-corrected chi connectivity index (χ1v) is 9.14. The van der Waals surface area contributed by atoms with Gasteiger partial charge in [0.25, 0.3) is 0 Å². The fourth-order valence-corrected chi connectivity index (χ4v) is 3.53. The van der Waals surface area contributed by atoms with Gasteiger partial charge in [0.1, 0.15) is 11.6 Å². The molecule has 0 saturated carbocycles. The molecule has 0 bridgehead atoms. The molecule has 2 nitrogen and oxygen atoms in total. The smallest absolute Gasteiger partial charge is 0.179 e. The fourth-order valence-electron chi connectivity index (χ4n) is 2.07. The van der Waals surface area contributed by atoms with Crippen LogP contribution in [0.25, 0.3) is 11.6 Å². The van der Waals surface area contributed by atoms with E-state index in [9.17, 15) is 9.65 Å². The van der Waals surface area contributed by atoms with Crippen LogP contribution < -0.4 is 0 Å². The van der Waals surface area contributed by atoms with Gasteiger partial charge in [0.15, 0.2) is 5.09 Å². The summed E-state index contributed by atoms with van der Waals surface area (Å²) in [5.74, 6) is 0.188. The van der Waals surface area contributed by atoms with Crippen molar-refractivity contribution in [1.29, 1.82) is 5.26 Å². The monoisotopic (exact) mass is 433 g/mol. The number of hydrogen-bond donors (Lipinski definition) is 0. The van der Waals surface area contributed by atoms with Crippen molar-refractivity contribution in [2.45, 2.75) is 9.99 Å². The second kappa shape index (κ2) is 7.92. The van der Waals surface area contributed by atoms with Crippen molar-refractivity contribution in [2.24, 2.45) is 0 Å². The molecule has 0 spiro atoms. The summed E-state index contributed by atoms with van der Waals surface area (Å²) in [5.41, 5.74) is 1.02. The summed E-state index contributed by atoms with van der Waals surface area (Å²) in [6.07, 6.45) is 1.63. The van der Waals surface area contributed by atoms with Crippen LogP contribution in [0.3, 0.4) is 0 Å². The Labute approximate surface area is 162 Å². The first kappa shape index (κ1) is 17.8. The first-order chi connectivity index (χ1) is 12.0. The lowest BCUT2D eigenvalue weighted by molar-refractivity contribution is 0.463. The van der Waals surface area contributed by atoms with Gasteiger partial charge in [-0.15, -0.1) is 0 Å². The SMILES string of the molecule is N#CC(=Cc1cc(Br)c(Sc2ccc(Cl)cc2)o1)c1ccc(F)cc1. The third-order valence-electron chi connectivity index (χ3n) is 3.26. The summed E-state index contributed by atoms with van der Waals surface area (Å²) in [4.78, 5) is 0.981. The zero-order chi connectivity index (χ0) is 17.8. The molecule has 2 aromatic carbocycles. The zero-order valence-corrected chi connectivity index (χ0v) is 15.8. The molecule has 0 amide bonds. The number of rotatable bonds is 4. The van der Waals surface area contributed by atoms with E-state index in [4.69, 9.17) is 16.0 Å². The van der Waals surface area contributed by atoms with Gasteiger partial charge in [-0.1, -0.05) is 35.5 Å². The predicted molar refractivity (Wildman–Crippen MR) is 102 cm³/mol. The molecule has 0 N–H and O–H groups in total. The Hall–Kier alpha value is -2.00. The molecule has 0 saturated heterocycles. The van der Waals surface area contributed by atoms with E-state index in [1.54, 1.807) is 24.3 Å². The summed E-state index contributed by atoms with van der Waals surface area (Å²) in [6, 6.07) is 17.1. The van der Waals surface area contributed by atoms with E-state index in [0.29, 0.717) is 27.0 Å². The maximum atomic E-state index is 13.0. The number of hydrogen-bond acceptors (Lipinski definition) is 3. The van der Waals surface area contributed by atoms with Crippen molar-refractivity contribution in [3.63, 3.8) is 0 Å². The Morgan fingerprint density at radius 3 is 2.48 bits per heavy atom. The number of nitriles is 1. The number of halogens is 3. The van der Waals surface area contributed by atoms with E-state index < -0.39 is 0 Å². The summed E-state index contributed by atoms with van der Waals surface area (Å²) in [7, 11) is 0. The van der Waals surface area contributed by atoms with Crippen LogP contribution in [-0.2, 0) is 0 Å². The number of nitrogens with zero attached hydrogens (tertiary/aromatic N) is 1. The molecular formula is C19H10BrClFNOS. The Kier molecular flexibility index (Phi) is 5.64. The summed E-state index contributed by atoms with van der Waals surface area (Å²) >= 11 is 10.8. The van der Waals surface area contributed by atoms with Crippen molar-refractivity contribution in [1.82, 2.24) is 0 Å². The molecule has 0 unspecified atom stereocenters. The summed E-state index contributed by atoms with van der Waals surface area (Å²) in [6.45, 7) is 0. The average Bonchev–Trinajstić information content (AvgIpc) is 2.95. The highest BCUT2D eigenvalue weighted by molar-refractivity contribution is 9.10. The van der Waals surface area contributed by atoms with E-state index >= 15 is 0 Å². The molecule has 0 atom stereocenters. The maximum Gasteiger partial charge on any atom is 0.179 e. The molecule has 1 heterocycles. The molecule has 1 aromatic heterocycles. The lowest BCUT2D eigenvalue weighted by Gasteiger charge is -1.99. The van der Waals surface area contributed by atoms with Crippen LogP contribution in [0.1, 0.15) is 11.3 Å². The number of benzene rings is 2. The van der Waals surface area contributed by atoms with Gasteiger partial charge in [0, 0.05) is 9.92 Å². The fraction of sp³-hybridized carbons (Fsp3) is 0. The molecule has 0 radical (unpaired) electrons. The van der Waals surface area contributed by atoms with Gasteiger partial charge < -0.3 is 4.42 Å². The van der Waals surface area contributed by atoms with E-state index in [-0.39, 0.29) is 5.82 Å². The van der Waals surface area contributed by atoms with Crippen LogP contribution in [-0.4, -0.2) is 0 Å². The van der Waals surface area contributed by atoms with Crippen LogP contribution in [0.4, 0.5) is 4.39 Å². The largest absolute Gasteiger partial charge is 0.449 e. The molecule has 25 heavy (non-hydrogen) atoms. The van der Waals surface area contributed by atoms with Crippen LogP contribution in [0.5, 0.6) is 0 Å². The summed E-state index contributed by atoms with van der Waals surface area (Å²) in [5, 5.41) is 10.7. The quantitative estimate of drug-likeness (QED) is 0.413. The highest BCUT2D eigenvalue weighted by Crippen LogP contribution is 2.37. The van der Waals surface area contributed by atoms with Gasteiger partial charge in [-0.2, -0.15) is 5.26 Å². The number of furan rings is 1. The minimum atomic E-state index is -0.344. The Morgan fingerprint density at radius 1 is 1.16 bits per heavy atom. The third-order valence-corrected chi connectivity index (χ3v) is 5.36. The molecule has 124 valence electrons. The minimum absolute atomic E-state index is 0.344. The van der Waals surface area contributed by atoms with Gasteiger partial charge in [-0.3, -0.25) is 0 Å².